The van der Waals surface area contributed by atoms with Gasteiger partial charge in [-0.25, -0.2) is 4.79 Å². The highest BCUT2D eigenvalue weighted by Gasteiger charge is 2.00. The zero-order chi connectivity index (χ0) is 13.2. The summed E-state index contributed by atoms with van der Waals surface area (Å²) in [6.07, 6.45) is 7.32. The van der Waals surface area contributed by atoms with Crippen LogP contribution in [0.3, 0.4) is 0 Å². The van der Waals surface area contributed by atoms with Gasteiger partial charge in [0, 0.05) is 11.6 Å². The van der Waals surface area contributed by atoms with E-state index < -0.39 is 5.97 Å². The molecule has 1 rings (SSSR count). The second-order valence-electron chi connectivity index (χ2n) is 4.12. The van der Waals surface area contributed by atoms with Crippen molar-refractivity contribution in [2.45, 2.75) is 32.6 Å². The highest BCUT2D eigenvalue weighted by molar-refractivity contribution is 5.85. The van der Waals surface area contributed by atoms with Crippen LogP contribution in [-0.2, 0) is 4.79 Å². The molecule has 18 heavy (non-hydrogen) atoms. The van der Waals surface area contributed by atoms with Gasteiger partial charge in [-0.3, -0.25) is 0 Å². The van der Waals surface area contributed by atoms with Crippen LogP contribution in [-0.4, -0.2) is 17.7 Å². The molecule has 0 aromatic heterocycles. The molecule has 0 heterocycles. The van der Waals surface area contributed by atoms with Crippen LogP contribution in [0.4, 0.5) is 0 Å². The standard InChI is InChI=1S/C15H20O3/c1-2-3-4-7-12-18-14-9-6-5-8-13(14)10-11-15(16)17/h5-6,8-11H,2-4,7,12H2,1H3,(H,16,17)/b11-10+. The van der Waals surface area contributed by atoms with E-state index in [1.165, 1.54) is 19.3 Å². The van der Waals surface area contributed by atoms with Crippen molar-refractivity contribution in [3.05, 3.63) is 35.9 Å². The number of ether oxygens (including phenoxy) is 1. The average molecular weight is 248 g/mol. The summed E-state index contributed by atoms with van der Waals surface area (Å²) in [4.78, 5) is 10.5. The van der Waals surface area contributed by atoms with E-state index in [0.717, 1.165) is 23.8 Å². The van der Waals surface area contributed by atoms with E-state index in [4.69, 9.17) is 9.84 Å². The van der Waals surface area contributed by atoms with Crippen LogP contribution < -0.4 is 4.74 Å². The van der Waals surface area contributed by atoms with Crippen molar-refractivity contribution >= 4 is 12.0 Å². The summed E-state index contributed by atoms with van der Waals surface area (Å²) in [6.45, 7) is 2.85. The Morgan fingerprint density at radius 1 is 1.28 bits per heavy atom. The summed E-state index contributed by atoms with van der Waals surface area (Å²) in [7, 11) is 0. The molecule has 0 radical (unpaired) electrons. The minimum absolute atomic E-state index is 0.678. The summed E-state index contributed by atoms with van der Waals surface area (Å²) in [5, 5.41) is 8.61. The minimum atomic E-state index is -0.951. The van der Waals surface area contributed by atoms with Crippen LogP contribution in [0.15, 0.2) is 30.3 Å². The molecule has 0 aliphatic heterocycles. The molecule has 98 valence electrons. The largest absolute Gasteiger partial charge is 0.493 e. The van der Waals surface area contributed by atoms with E-state index >= 15 is 0 Å². The summed E-state index contributed by atoms with van der Waals surface area (Å²) in [5.74, 6) is -0.209. The van der Waals surface area contributed by atoms with Gasteiger partial charge < -0.3 is 9.84 Å². The van der Waals surface area contributed by atoms with Crippen molar-refractivity contribution < 1.29 is 14.6 Å². The van der Waals surface area contributed by atoms with Gasteiger partial charge in [-0.1, -0.05) is 44.4 Å². The van der Waals surface area contributed by atoms with Crippen LogP contribution >= 0.6 is 0 Å². The summed E-state index contributed by atoms with van der Waals surface area (Å²) in [6, 6.07) is 7.47. The summed E-state index contributed by atoms with van der Waals surface area (Å²) < 4.78 is 5.67. The molecule has 0 atom stereocenters. The Morgan fingerprint density at radius 2 is 2.06 bits per heavy atom. The molecule has 1 aromatic carbocycles. The van der Waals surface area contributed by atoms with Crippen LogP contribution in [0.5, 0.6) is 5.75 Å². The summed E-state index contributed by atoms with van der Waals surface area (Å²) >= 11 is 0. The Balaban J connectivity index is 2.51. The Labute approximate surface area is 108 Å². The molecule has 1 aromatic rings. The number of benzene rings is 1. The lowest BCUT2D eigenvalue weighted by atomic mass is 10.2. The molecule has 0 saturated carbocycles. The van der Waals surface area contributed by atoms with Crippen LogP contribution in [0, 0.1) is 0 Å². The lowest BCUT2D eigenvalue weighted by Gasteiger charge is -2.08. The predicted octanol–water partition coefficient (Wildman–Crippen LogP) is 3.74. The second-order valence-corrected chi connectivity index (χ2v) is 4.12. The third-order valence-electron chi connectivity index (χ3n) is 2.58. The molecule has 0 amide bonds. The number of carboxylic acids is 1. The van der Waals surface area contributed by atoms with Gasteiger partial charge in [0.1, 0.15) is 5.75 Å². The molecule has 0 spiro atoms. The lowest BCUT2D eigenvalue weighted by molar-refractivity contribution is -0.131. The number of para-hydroxylation sites is 1. The van der Waals surface area contributed by atoms with E-state index in [2.05, 4.69) is 6.92 Å². The Hall–Kier alpha value is -1.77. The van der Waals surface area contributed by atoms with Gasteiger partial charge in [0.15, 0.2) is 0 Å². The number of hydrogen-bond donors (Lipinski definition) is 1. The molecule has 0 fully saturated rings. The SMILES string of the molecule is CCCCCCOc1ccccc1/C=C/C(=O)O. The fraction of sp³-hybridized carbons (Fsp3) is 0.400. The van der Waals surface area contributed by atoms with Crippen LogP contribution in [0.25, 0.3) is 6.08 Å². The number of aliphatic carboxylic acids is 1. The van der Waals surface area contributed by atoms with E-state index in [9.17, 15) is 4.79 Å². The highest BCUT2D eigenvalue weighted by Crippen LogP contribution is 2.19. The quantitative estimate of drug-likeness (QED) is 0.563. The van der Waals surface area contributed by atoms with Crippen molar-refractivity contribution in [1.29, 1.82) is 0 Å². The predicted molar refractivity (Wildman–Crippen MR) is 72.7 cm³/mol. The highest BCUT2D eigenvalue weighted by atomic mass is 16.5. The van der Waals surface area contributed by atoms with Crippen molar-refractivity contribution in [2.24, 2.45) is 0 Å². The molecule has 3 heteroatoms. The Kier molecular flexibility index (Phi) is 6.62. The summed E-state index contributed by atoms with van der Waals surface area (Å²) in [5.41, 5.74) is 0.801. The van der Waals surface area contributed by atoms with Crippen molar-refractivity contribution in [3.63, 3.8) is 0 Å². The third-order valence-corrected chi connectivity index (χ3v) is 2.58. The molecule has 0 aliphatic rings. The maximum absolute atomic E-state index is 10.5. The average Bonchev–Trinajstić information content (AvgIpc) is 2.37. The Morgan fingerprint density at radius 3 is 2.78 bits per heavy atom. The van der Waals surface area contributed by atoms with Crippen LogP contribution in [0.1, 0.15) is 38.2 Å². The molecule has 0 saturated heterocycles. The van der Waals surface area contributed by atoms with Gasteiger partial charge in [-0.15, -0.1) is 0 Å². The van der Waals surface area contributed by atoms with E-state index in [1.54, 1.807) is 6.08 Å². The second kappa shape index (κ2) is 8.34. The first-order valence-electron chi connectivity index (χ1n) is 6.37. The number of unbranched alkanes of at least 4 members (excludes halogenated alkanes) is 3. The monoisotopic (exact) mass is 248 g/mol. The van der Waals surface area contributed by atoms with Gasteiger partial charge in [0.2, 0.25) is 0 Å². The number of carbonyl (C=O) groups is 1. The number of hydrogen-bond acceptors (Lipinski definition) is 2. The maximum atomic E-state index is 10.5. The van der Waals surface area contributed by atoms with Gasteiger partial charge >= 0.3 is 5.97 Å². The fourth-order valence-electron chi connectivity index (χ4n) is 1.62. The van der Waals surface area contributed by atoms with Gasteiger partial charge in [0.05, 0.1) is 6.61 Å². The topological polar surface area (TPSA) is 46.5 Å². The van der Waals surface area contributed by atoms with Crippen molar-refractivity contribution in [1.82, 2.24) is 0 Å². The molecular weight excluding hydrogens is 228 g/mol. The molecule has 3 nitrogen and oxygen atoms in total. The maximum Gasteiger partial charge on any atom is 0.328 e. The molecular formula is C15H20O3. The Bertz CT molecular complexity index is 396. The van der Waals surface area contributed by atoms with E-state index in [0.29, 0.717) is 6.61 Å². The zero-order valence-corrected chi connectivity index (χ0v) is 10.8. The van der Waals surface area contributed by atoms with Gasteiger partial charge in [-0.05, 0) is 18.6 Å². The molecule has 0 bridgehead atoms. The smallest absolute Gasteiger partial charge is 0.328 e. The molecule has 1 N–H and O–H groups in total. The van der Waals surface area contributed by atoms with E-state index in [-0.39, 0.29) is 0 Å². The number of rotatable bonds is 8. The van der Waals surface area contributed by atoms with Gasteiger partial charge in [0.25, 0.3) is 0 Å². The third kappa shape index (κ3) is 5.53. The number of carboxylic acid groups (broad SMARTS) is 1. The first-order valence-corrected chi connectivity index (χ1v) is 6.37. The van der Waals surface area contributed by atoms with Crippen molar-refractivity contribution in [2.75, 3.05) is 6.61 Å². The zero-order valence-electron chi connectivity index (χ0n) is 10.8. The minimum Gasteiger partial charge on any atom is -0.493 e. The first-order chi connectivity index (χ1) is 8.74. The first kappa shape index (κ1) is 14.3. The molecule has 0 aliphatic carbocycles. The van der Waals surface area contributed by atoms with E-state index in [1.807, 2.05) is 24.3 Å². The van der Waals surface area contributed by atoms with Crippen molar-refractivity contribution in [3.8, 4) is 5.75 Å². The van der Waals surface area contributed by atoms with Crippen LogP contribution in [0.2, 0.25) is 0 Å². The normalized spacial score (nSPS) is 10.7. The lowest BCUT2D eigenvalue weighted by Crippen LogP contribution is -1.98. The van der Waals surface area contributed by atoms with Gasteiger partial charge in [-0.2, -0.15) is 0 Å². The molecule has 0 unspecified atom stereocenters. The fourth-order valence-corrected chi connectivity index (χ4v) is 1.62.